The van der Waals surface area contributed by atoms with Crippen LogP contribution >= 0.6 is 12.6 Å². The molecule has 0 radical (unpaired) electrons. The maximum absolute atomic E-state index is 12.7. The van der Waals surface area contributed by atoms with E-state index in [2.05, 4.69) is 12.6 Å². The average Bonchev–Trinajstić information content (AvgIpc) is 2.08. The zero-order valence-electron chi connectivity index (χ0n) is 6.62. The van der Waals surface area contributed by atoms with E-state index in [9.17, 15) is 9.18 Å². The first kappa shape index (κ1) is 9.26. The van der Waals surface area contributed by atoms with Gasteiger partial charge in [-0.05, 0) is 17.7 Å². The zero-order valence-corrected chi connectivity index (χ0v) is 7.51. The molecule has 1 rings (SSSR count). The minimum Gasteiger partial charge on any atom is -0.303 e. The maximum atomic E-state index is 12.7. The van der Waals surface area contributed by atoms with E-state index in [1.54, 1.807) is 19.1 Å². The van der Waals surface area contributed by atoms with E-state index in [-0.39, 0.29) is 16.6 Å². The minimum absolute atomic E-state index is 0.198. The molecule has 1 atom stereocenters. The first-order chi connectivity index (χ1) is 5.65. The second-order valence-electron chi connectivity index (χ2n) is 2.64. The highest BCUT2D eigenvalue weighted by Crippen LogP contribution is 2.19. The van der Waals surface area contributed by atoms with Gasteiger partial charge in [-0.3, -0.25) is 0 Å². The van der Waals surface area contributed by atoms with Crippen LogP contribution in [-0.4, -0.2) is 6.29 Å². The van der Waals surface area contributed by atoms with Gasteiger partial charge in [-0.1, -0.05) is 13.0 Å². The van der Waals surface area contributed by atoms with Gasteiger partial charge in [0.25, 0.3) is 0 Å². The van der Waals surface area contributed by atoms with E-state index in [1.165, 1.54) is 6.07 Å². The lowest BCUT2D eigenvalue weighted by Crippen LogP contribution is -1.94. The second kappa shape index (κ2) is 3.72. The SMILES string of the molecule is CC(C=O)c1ccc(F)c(S)c1. The summed E-state index contributed by atoms with van der Waals surface area (Å²) < 4.78 is 12.7. The molecule has 1 aromatic carbocycles. The Morgan fingerprint density at radius 2 is 2.25 bits per heavy atom. The Kier molecular flexibility index (Phi) is 2.87. The molecule has 0 saturated carbocycles. The number of hydrogen-bond acceptors (Lipinski definition) is 2. The standard InChI is InChI=1S/C9H9FOS/c1-6(5-11)7-2-3-8(10)9(12)4-7/h2-6,12H,1H3. The van der Waals surface area contributed by atoms with E-state index < -0.39 is 0 Å². The van der Waals surface area contributed by atoms with Gasteiger partial charge in [0.15, 0.2) is 0 Å². The van der Waals surface area contributed by atoms with Crippen LogP contribution in [-0.2, 0) is 4.79 Å². The summed E-state index contributed by atoms with van der Waals surface area (Å²) in [5.41, 5.74) is 0.788. The number of thiol groups is 1. The number of carbonyl (C=O) groups is 1. The molecule has 0 fully saturated rings. The first-order valence-corrected chi connectivity index (χ1v) is 4.03. The summed E-state index contributed by atoms with van der Waals surface area (Å²) in [5.74, 6) is -0.559. The van der Waals surface area contributed by atoms with Crippen molar-refractivity contribution in [2.75, 3.05) is 0 Å². The molecule has 0 aliphatic carbocycles. The molecule has 0 amide bonds. The molecule has 3 heteroatoms. The highest BCUT2D eigenvalue weighted by molar-refractivity contribution is 7.80. The molecule has 64 valence electrons. The lowest BCUT2D eigenvalue weighted by atomic mass is 10.0. The van der Waals surface area contributed by atoms with Crippen LogP contribution in [0.4, 0.5) is 4.39 Å². The summed E-state index contributed by atoms with van der Waals surface area (Å²) in [6.07, 6.45) is 0.820. The predicted molar refractivity (Wildman–Crippen MR) is 48.1 cm³/mol. The highest BCUT2D eigenvalue weighted by atomic mass is 32.1. The zero-order chi connectivity index (χ0) is 9.14. The molecule has 1 nitrogen and oxygen atoms in total. The first-order valence-electron chi connectivity index (χ1n) is 3.59. The summed E-state index contributed by atoms with van der Waals surface area (Å²) in [5, 5.41) is 0. The molecule has 0 aliphatic rings. The molecular formula is C9H9FOS. The number of carbonyl (C=O) groups excluding carboxylic acids is 1. The smallest absolute Gasteiger partial charge is 0.136 e. The van der Waals surface area contributed by atoms with Gasteiger partial charge in [0.05, 0.1) is 0 Å². The monoisotopic (exact) mass is 184 g/mol. The van der Waals surface area contributed by atoms with Crippen LogP contribution in [0.1, 0.15) is 18.4 Å². The average molecular weight is 184 g/mol. The highest BCUT2D eigenvalue weighted by Gasteiger charge is 2.05. The molecule has 0 aromatic heterocycles. The van der Waals surface area contributed by atoms with Crippen molar-refractivity contribution in [1.29, 1.82) is 0 Å². The Bertz CT molecular complexity index is 299. The topological polar surface area (TPSA) is 17.1 Å². The van der Waals surface area contributed by atoms with Crippen molar-refractivity contribution in [3.8, 4) is 0 Å². The minimum atomic E-state index is -0.361. The third-order valence-electron chi connectivity index (χ3n) is 1.70. The molecule has 0 spiro atoms. The number of halogens is 1. The number of aldehydes is 1. The van der Waals surface area contributed by atoms with Gasteiger partial charge in [0, 0.05) is 10.8 Å². The van der Waals surface area contributed by atoms with E-state index >= 15 is 0 Å². The summed E-state index contributed by atoms with van der Waals surface area (Å²) in [6, 6.07) is 4.48. The summed E-state index contributed by atoms with van der Waals surface area (Å²) >= 11 is 3.91. The third kappa shape index (κ3) is 1.85. The van der Waals surface area contributed by atoms with Crippen molar-refractivity contribution in [3.05, 3.63) is 29.6 Å². The molecule has 0 bridgehead atoms. The molecule has 0 heterocycles. The molecule has 12 heavy (non-hydrogen) atoms. The molecule has 0 saturated heterocycles. The van der Waals surface area contributed by atoms with Crippen LogP contribution in [0.5, 0.6) is 0 Å². The van der Waals surface area contributed by atoms with Gasteiger partial charge < -0.3 is 4.79 Å². The Labute approximate surface area is 76.0 Å². The number of rotatable bonds is 2. The van der Waals surface area contributed by atoms with E-state index in [0.29, 0.717) is 0 Å². The predicted octanol–water partition coefficient (Wildman–Crippen LogP) is 2.42. The molecular weight excluding hydrogens is 175 g/mol. The van der Waals surface area contributed by atoms with Crippen LogP contribution in [0.3, 0.4) is 0 Å². The Morgan fingerprint density at radius 3 is 2.75 bits per heavy atom. The van der Waals surface area contributed by atoms with Gasteiger partial charge >= 0.3 is 0 Å². The molecule has 0 N–H and O–H groups in total. The summed E-state index contributed by atoms with van der Waals surface area (Å²) in [7, 11) is 0. The van der Waals surface area contributed by atoms with Crippen LogP contribution in [0, 0.1) is 5.82 Å². The normalized spacial score (nSPS) is 12.6. The Balaban J connectivity index is 3.04. The van der Waals surface area contributed by atoms with Crippen molar-refractivity contribution in [3.63, 3.8) is 0 Å². The van der Waals surface area contributed by atoms with Crippen molar-refractivity contribution in [2.45, 2.75) is 17.7 Å². The van der Waals surface area contributed by atoms with Crippen molar-refractivity contribution in [2.24, 2.45) is 0 Å². The van der Waals surface area contributed by atoms with Gasteiger partial charge in [0.2, 0.25) is 0 Å². The van der Waals surface area contributed by atoms with Crippen LogP contribution < -0.4 is 0 Å². The van der Waals surface area contributed by atoms with Crippen molar-refractivity contribution in [1.82, 2.24) is 0 Å². The number of hydrogen-bond donors (Lipinski definition) is 1. The van der Waals surface area contributed by atoms with Gasteiger partial charge in [-0.25, -0.2) is 4.39 Å². The summed E-state index contributed by atoms with van der Waals surface area (Å²) in [6.45, 7) is 1.76. The van der Waals surface area contributed by atoms with E-state index in [1.807, 2.05) is 0 Å². The van der Waals surface area contributed by atoms with Crippen LogP contribution in [0.2, 0.25) is 0 Å². The molecule has 1 unspecified atom stereocenters. The van der Waals surface area contributed by atoms with Gasteiger partial charge in [-0.15, -0.1) is 12.6 Å². The van der Waals surface area contributed by atoms with Gasteiger partial charge in [0.1, 0.15) is 12.1 Å². The lowest BCUT2D eigenvalue weighted by molar-refractivity contribution is -0.108. The fourth-order valence-electron chi connectivity index (χ4n) is 0.891. The maximum Gasteiger partial charge on any atom is 0.136 e. The Hall–Kier alpha value is -0.830. The van der Waals surface area contributed by atoms with E-state index in [4.69, 9.17) is 0 Å². The second-order valence-corrected chi connectivity index (χ2v) is 3.12. The summed E-state index contributed by atoms with van der Waals surface area (Å²) in [4.78, 5) is 10.7. The van der Waals surface area contributed by atoms with Crippen molar-refractivity contribution >= 4 is 18.9 Å². The largest absolute Gasteiger partial charge is 0.303 e. The fourth-order valence-corrected chi connectivity index (χ4v) is 1.12. The fraction of sp³-hybridized carbons (Fsp3) is 0.222. The molecule has 0 aliphatic heterocycles. The quantitative estimate of drug-likeness (QED) is 0.551. The molecule has 1 aromatic rings. The van der Waals surface area contributed by atoms with Crippen LogP contribution in [0.25, 0.3) is 0 Å². The lowest BCUT2D eigenvalue weighted by Gasteiger charge is -2.04. The van der Waals surface area contributed by atoms with Crippen molar-refractivity contribution < 1.29 is 9.18 Å². The van der Waals surface area contributed by atoms with Crippen LogP contribution in [0.15, 0.2) is 23.1 Å². The number of benzene rings is 1. The Morgan fingerprint density at radius 1 is 1.58 bits per heavy atom. The van der Waals surface area contributed by atoms with E-state index in [0.717, 1.165) is 11.8 Å². The third-order valence-corrected chi connectivity index (χ3v) is 2.04. The van der Waals surface area contributed by atoms with Gasteiger partial charge in [-0.2, -0.15) is 0 Å².